The first kappa shape index (κ1) is 15.1. The number of halogens is 2. The van der Waals surface area contributed by atoms with Crippen molar-refractivity contribution in [3.8, 4) is 11.5 Å². The van der Waals surface area contributed by atoms with Crippen LogP contribution in [0.2, 0.25) is 5.02 Å². The molecule has 1 aromatic carbocycles. The number of rotatable bonds is 6. The number of benzene rings is 1. The van der Waals surface area contributed by atoms with Crippen LogP contribution < -0.4 is 9.47 Å². The van der Waals surface area contributed by atoms with Gasteiger partial charge in [-0.1, -0.05) is 11.6 Å². The maximum absolute atomic E-state index is 12.0. The van der Waals surface area contributed by atoms with Gasteiger partial charge in [-0.15, -0.1) is 11.6 Å². The van der Waals surface area contributed by atoms with Gasteiger partial charge in [-0.3, -0.25) is 4.79 Å². The van der Waals surface area contributed by atoms with E-state index in [0.29, 0.717) is 35.3 Å². The highest BCUT2D eigenvalue weighted by Crippen LogP contribution is 2.34. The SMILES string of the molecule is CCOc1cc(OCC)c(C(=O)C(C)Cl)cc1Cl. The molecule has 0 aliphatic heterocycles. The van der Waals surface area contributed by atoms with Crippen LogP contribution in [0.4, 0.5) is 0 Å². The average Bonchev–Trinajstić information content (AvgIpc) is 2.32. The fourth-order valence-corrected chi connectivity index (χ4v) is 1.82. The molecule has 0 amide bonds. The molecular formula is C13H16Cl2O3. The van der Waals surface area contributed by atoms with Crippen LogP contribution in [0.15, 0.2) is 12.1 Å². The summed E-state index contributed by atoms with van der Waals surface area (Å²) in [5, 5.41) is -0.251. The summed E-state index contributed by atoms with van der Waals surface area (Å²) in [6.45, 7) is 6.25. The summed E-state index contributed by atoms with van der Waals surface area (Å²) in [5.74, 6) is 0.731. The number of carbonyl (C=O) groups is 1. The third-order valence-electron chi connectivity index (χ3n) is 2.26. The number of ether oxygens (including phenoxy) is 2. The molecule has 0 aliphatic carbocycles. The van der Waals surface area contributed by atoms with Crippen LogP contribution in [0.1, 0.15) is 31.1 Å². The fourth-order valence-electron chi connectivity index (χ4n) is 1.48. The van der Waals surface area contributed by atoms with E-state index in [9.17, 15) is 4.79 Å². The monoisotopic (exact) mass is 290 g/mol. The summed E-state index contributed by atoms with van der Waals surface area (Å²) in [6, 6.07) is 3.17. The normalized spacial score (nSPS) is 12.1. The second kappa shape index (κ2) is 6.86. The van der Waals surface area contributed by atoms with Gasteiger partial charge in [0.05, 0.1) is 29.2 Å². The second-order valence-electron chi connectivity index (χ2n) is 3.63. The van der Waals surface area contributed by atoms with E-state index >= 15 is 0 Å². The van der Waals surface area contributed by atoms with Crippen LogP contribution in [0.5, 0.6) is 11.5 Å². The van der Waals surface area contributed by atoms with Gasteiger partial charge in [0.25, 0.3) is 0 Å². The molecule has 0 fully saturated rings. The Hall–Kier alpha value is -0.930. The molecule has 3 nitrogen and oxygen atoms in total. The van der Waals surface area contributed by atoms with Crippen molar-refractivity contribution in [1.82, 2.24) is 0 Å². The zero-order chi connectivity index (χ0) is 13.7. The highest BCUT2D eigenvalue weighted by Gasteiger charge is 2.20. The predicted molar refractivity (Wildman–Crippen MR) is 73.4 cm³/mol. The van der Waals surface area contributed by atoms with E-state index in [1.54, 1.807) is 19.1 Å². The van der Waals surface area contributed by atoms with E-state index in [1.165, 1.54) is 0 Å². The summed E-state index contributed by atoms with van der Waals surface area (Å²) in [6.07, 6.45) is 0. The molecule has 0 radical (unpaired) electrons. The van der Waals surface area contributed by atoms with Crippen molar-refractivity contribution in [3.05, 3.63) is 22.7 Å². The molecule has 0 saturated carbocycles. The van der Waals surface area contributed by atoms with Crippen LogP contribution >= 0.6 is 23.2 Å². The zero-order valence-electron chi connectivity index (χ0n) is 10.6. The Morgan fingerprint density at radius 2 is 1.78 bits per heavy atom. The third-order valence-corrected chi connectivity index (χ3v) is 2.75. The van der Waals surface area contributed by atoms with Gasteiger partial charge in [-0.25, -0.2) is 0 Å². The van der Waals surface area contributed by atoms with Crippen molar-refractivity contribution in [1.29, 1.82) is 0 Å². The highest BCUT2D eigenvalue weighted by molar-refractivity contribution is 6.35. The highest BCUT2D eigenvalue weighted by atomic mass is 35.5. The molecule has 1 aromatic rings. The minimum absolute atomic E-state index is 0.218. The molecule has 100 valence electrons. The van der Waals surface area contributed by atoms with E-state index in [0.717, 1.165) is 0 Å². The van der Waals surface area contributed by atoms with Gasteiger partial charge in [0.15, 0.2) is 5.78 Å². The quantitative estimate of drug-likeness (QED) is 0.588. The van der Waals surface area contributed by atoms with Gasteiger partial charge in [-0.05, 0) is 26.8 Å². The molecule has 18 heavy (non-hydrogen) atoms. The number of ketones is 1. The van der Waals surface area contributed by atoms with Crippen molar-refractivity contribution in [2.24, 2.45) is 0 Å². The maximum Gasteiger partial charge on any atom is 0.184 e. The number of hydrogen-bond acceptors (Lipinski definition) is 3. The van der Waals surface area contributed by atoms with Crippen LogP contribution in [0.25, 0.3) is 0 Å². The first-order valence-electron chi connectivity index (χ1n) is 5.78. The standard InChI is InChI=1S/C13H16Cl2O3/c1-4-17-11-7-12(18-5-2)10(15)6-9(11)13(16)8(3)14/h6-8H,4-5H2,1-3H3. The van der Waals surface area contributed by atoms with Gasteiger partial charge in [-0.2, -0.15) is 0 Å². The molecule has 1 rings (SSSR count). The van der Waals surface area contributed by atoms with Gasteiger partial charge < -0.3 is 9.47 Å². The maximum atomic E-state index is 12.0. The van der Waals surface area contributed by atoms with Crippen molar-refractivity contribution in [2.75, 3.05) is 13.2 Å². The lowest BCUT2D eigenvalue weighted by Crippen LogP contribution is -2.13. The molecule has 0 spiro atoms. The van der Waals surface area contributed by atoms with Gasteiger partial charge >= 0.3 is 0 Å². The number of Topliss-reactive ketones (excluding diaryl/α,β-unsaturated/α-hetero) is 1. The van der Waals surface area contributed by atoms with E-state index < -0.39 is 5.38 Å². The largest absolute Gasteiger partial charge is 0.493 e. The number of carbonyl (C=O) groups excluding carboxylic acids is 1. The third kappa shape index (κ3) is 3.53. The molecule has 0 aromatic heterocycles. The molecule has 0 heterocycles. The average molecular weight is 291 g/mol. The lowest BCUT2D eigenvalue weighted by Gasteiger charge is -2.14. The Labute approximate surface area is 117 Å². The molecule has 0 aliphatic rings. The van der Waals surface area contributed by atoms with E-state index in [-0.39, 0.29) is 5.78 Å². The Morgan fingerprint density at radius 1 is 1.22 bits per heavy atom. The molecule has 0 bridgehead atoms. The lowest BCUT2D eigenvalue weighted by molar-refractivity contribution is 0.0988. The Bertz CT molecular complexity index is 430. The topological polar surface area (TPSA) is 35.5 Å². The number of hydrogen-bond donors (Lipinski definition) is 0. The Kier molecular flexibility index (Phi) is 5.76. The molecule has 0 N–H and O–H groups in total. The van der Waals surface area contributed by atoms with Gasteiger partial charge in [0, 0.05) is 6.07 Å². The van der Waals surface area contributed by atoms with Crippen molar-refractivity contribution in [2.45, 2.75) is 26.1 Å². The van der Waals surface area contributed by atoms with Crippen LogP contribution in [-0.4, -0.2) is 24.4 Å². The van der Waals surface area contributed by atoms with E-state index in [1.807, 2.05) is 13.8 Å². The Balaban J connectivity index is 3.23. The van der Waals surface area contributed by atoms with Crippen molar-refractivity contribution >= 4 is 29.0 Å². The van der Waals surface area contributed by atoms with Crippen LogP contribution in [-0.2, 0) is 0 Å². The molecule has 5 heteroatoms. The van der Waals surface area contributed by atoms with Crippen molar-refractivity contribution in [3.63, 3.8) is 0 Å². The summed E-state index contributed by atoms with van der Waals surface area (Å²) < 4.78 is 10.8. The number of alkyl halides is 1. The zero-order valence-corrected chi connectivity index (χ0v) is 12.1. The molecular weight excluding hydrogens is 275 g/mol. The van der Waals surface area contributed by atoms with Crippen molar-refractivity contribution < 1.29 is 14.3 Å². The van der Waals surface area contributed by atoms with Gasteiger partial charge in [0.1, 0.15) is 11.5 Å². The van der Waals surface area contributed by atoms with Crippen LogP contribution in [0.3, 0.4) is 0 Å². The summed E-state index contributed by atoms with van der Waals surface area (Å²) >= 11 is 11.9. The Morgan fingerprint density at radius 3 is 2.28 bits per heavy atom. The first-order chi connectivity index (χ1) is 8.51. The summed E-state index contributed by atoms with van der Waals surface area (Å²) in [7, 11) is 0. The first-order valence-corrected chi connectivity index (χ1v) is 6.60. The lowest BCUT2D eigenvalue weighted by atomic mass is 10.1. The molecule has 0 saturated heterocycles. The van der Waals surface area contributed by atoms with E-state index in [2.05, 4.69) is 0 Å². The summed E-state index contributed by atoms with van der Waals surface area (Å²) in [5.41, 5.74) is 0.382. The molecule has 1 unspecified atom stereocenters. The predicted octanol–water partition coefficient (Wildman–Crippen LogP) is 3.95. The summed E-state index contributed by atoms with van der Waals surface area (Å²) in [4.78, 5) is 12.0. The minimum Gasteiger partial charge on any atom is -0.493 e. The minimum atomic E-state index is -0.627. The van der Waals surface area contributed by atoms with Crippen LogP contribution in [0, 0.1) is 0 Å². The molecule has 1 atom stereocenters. The van der Waals surface area contributed by atoms with E-state index in [4.69, 9.17) is 32.7 Å². The second-order valence-corrected chi connectivity index (χ2v) is 4.69. The fraction of sp³-hybridized carbons (Fsp3) is 0.462. The smallest absolute Gasteiger partial charge is 0.184 e. The van der Waals surface area contributed by atoms with Gasteiger partial charge in [0.2, 0.25) is 0 Å².